The predicted molar refractivity (Wildman–Crippen MR) is 116 cm³/mol. The van der Waals surface area contributed by atoms with Crippen LogP contribution in [0.1, 0.15) is 43.0 Å². The Morgan fingerprint density at radius 1 is 1.27 bits per heavy atom. The molecular formula is C22H31N3O4S. The number of aliphatic hydroxyl groups is 1. The van der Waals surface area contributed by atoms with Crippen molar-refractivity contribution < 1.29 is 18.3 Å². The van der Waals surface area contributed by atoms with E-state index in [2.05, 4.69) is 16.0 Å². The summed E-state index contributed by atoms with van der Waals surface area (Å²) >= 11 is 0. The summed E-state index contributed by atoms with van der Waals surface area (Å²) in [7, 11) is -1.82. The number of nitrogens with zero attached hydrogens (tertiary/aromatic N) is 2. The highest BCUT2D eigenvalue weighted by Crippen LogP contribution is 2.50. The quantitative estimate of drug-likeness (QED) is 0.755. The molecule has 2 aromatic rings. The minimum Gasteiger partial charge on any atom is -0.497 e. The maximum Gasteiger partial charge on any atom is 0.211 e. The van der Waals surface area contributed by atoms with Gasteiger partial charge in [0.2, 0.25) is 10.0 Å². The summed E-state index contributed by atoms with van der Waals surface area (Å²) in [5, 5.41) is 11.3. The minimum absolute atomic E-state index is 0.239. The summed E-state index contributed by atoms with van der Waals surface area (Å²) in [4.78, 5) is 6.00. The fraction of sp³-hybridized carbons (Fsp3) is 0.636. The van der Waals surface area contributed by atoms with E-state index >= 15 is 0 Å². The van der Waals surface area contributed by atoms with E-state index in [0.29, 0.717) is 6.54 Å². The van der Waals surface area contributed by atoms with Crippen LogP contribution in [0.3, 0.4) is 0 Å². The van der Waals surface area contributed by atoms with E-state index < -0.39 is 16.1 Å². The number of rotatable bonds is 5. The summed E-state index contributed by atoms with van der Waals surface area (Å²) < 4.78 is 32.3. The average molecular weight is 434 g/mol. The lowest BCUT2D eigenvalue weighted by Gasteiger charge is -2.49. The number of nitrogens with one attached hydrogen (secondary N) is 1. The second kappa shape index (κ2) is 7.22. The Hall–Kier alpha value is -1.61. The molecule has 1 aliphatic carbocycles. The molecule has 0 bridgehead atoms. The maximum absolute atomic E-state index is 12.7. The molecule has 2 aliphatic heterocycles. The summed E-state index contributed by atoms with van der Waals surface area (Å²) in [6.07, 6.45) is 5.79. The van der Waals surface area contributed by atoms with Gasteiger partial charge in [0.25, 0.3) is 0 Å². The number of aromatic nitrogens is 1. The van der Waals surface area contributed by atoms with Crippen LogP contribution < -0.4 is 4.74 Å². The van der Waals surface area contributed by atoms with Gasteiger partial charge in [-0.3, -0.25) is 0 Å². The minimum atomic E-state index is -3.46. The van der Waals surface area contributed by atoms with Crippen molar-refractivity contribution in [3.8, 4) is 5.75 Å². The first-order valence-electron chi connectivity index (χ1n) is 10.8. The van der Waals surface area contributed by atoms with Gasteiger partial charge in [-0.15, -0.1) is 0 Å². The van der Waals surface area contributed by atoms with Crippen LogP contribution in [0.4, 0.5) is 0 Å². The molecule has 1 spiro atoms. The van der Waals surface area contributed by atoms with Crippen molar-refractivity contribution in [2.75, 3.05) is 46.2 Å². The highest BCUT2D eigenvalue weighted by Gasteiger charge is 2.49. The number of hydrogen-bond donors (Lipinski definition) is 2. The summed E-state index contributed by atoms with van der Waals surface area (Å²) in [5.74, 6) is 1.61. The van der Waals surface area contributed by atoms with Gasteiger partial charge >= 0.3 is 0 Å². The Kier molecular flexibility index (Phi) is 4.89. The molecule has 3 aliphatic rings. The summed E-state index contributed by atoms with van der Waals surface area (Å²) in [5.41, 5.74) is 2.74. The molecule has 1 saturated heterocycles. The number of sulfonamides is 1. The van der Waals surface area contributed by atoms with Gasteiger partial charge in [-0.1, -0.05) is 0 Å². The van der Waals surface area contributed by atoms with Gasteiger partial charge < -0.3 is 19.7 Å². The highest BCUT2D eigenvalue weighted by molar-refractivity contribution is 7.88. The van der Waals surface area contributed by atoms with E-state index in [1.165, 1.54) is 35.5 Å². The number of hydrogen-bond acceptors (Lipinski definition) is 5. The lowest BCUT2D eigenvalue weighted by molar-refractivity contribution is 0.0945. The number of aliphatic hydroxyl groups excluding tert-OH is 1. The van der Waals surface area contributed by atoms with Crippen molar-refractivity contribution in [2.45, 2.75) is 37.1 Å². The molecule has 0 radical (unpaired) electrons. The molecule has 30 heavy (non-hydrogen) atoms. The zero-order chi connectivity index (χ0) is 21.1. The number of benzene rings is 1. The summed E-state index contributed by atoms with van der Waals surface area (Å²) in [6.45, 7) is 3.33. The van der Waals surface area contributed by atoms with Gasteiger partial charge in [-0.2, -0.15) is 4.31 Å². The smallest absolute Gasteiger partial charge is 0.211 e. The second-order valence-corrected chi connectivity index (χ2v) is 11.3. The lowest BCUT2D eigenvalue weighted by Crippen LogP contribution is -2.55. The second-order valence-electron chi connectivity index (χ2n) is 9.36. The lowest BCUT2D eigenvalue weighted by atomic mass is 9.69. The van der Waals surface area contributed by atoms with E-state index in [4.69, 9.17) is 4.74 Å². The van der Waals surface area contributed by atoms with Gasteiger partial charge in [0.05, 0.1) is 26.0 Å². The van der Waals surface area contributed by atoms with Crippen LogP contribution in [-0.2, 0) is 15.4 Å². The standard InChI is InChI=1S/C22H31N3O4S/c1-29-16-5-6-17-18(11-16)23-21-19(13-26)25(30(2,27)28)14-22(20(17)21)7-9-24(10-8-22)12-15-3-4-15/h5-6,11,15,19,23,26H,3-4,7-10,12-14H2,1-2H3/t19-/m0/s1. The van der Waals surface area contributed by atoms with Crippen LogP contribution in [0.2, 0.25) is 0 Å². The van der Waals surface area contributed by atoms with E-state index in [-0.39, 0.29) is 12.0 Å². The molecule has 1 aromatic heterocycles. The number of piperidine rings is 1. The van der Waals surface area contributed by atoms with Crippen molar-refractivity contribution in [1.82, 2.24) is 14.2 Å². The van der Waals surface area contributed by atoms with E-state index in [0.717, 1.165) is 54.2 Å². The molecule has 2 N–H and O–H groups in total. The first-order valence-corrected chi connectivity index (χ1v) is 12.7. The molecule has 164 valence electrons. The predicted octanol–water partition coefficient (Wildman–Crippen LogP) is 2.23. The number of fused-ring (bicyclic) bond motifs is 4. The van der Waals surface area contributed by atoms with Crippen LogP contribution in [0.5, 0.6) is 5.75 Å². The number of aromatic amines is 1. The molecule has 5 rings (SSSR count). The third-order valence-corrected chi connectivity index (χ3v) is 8.57. The van der Waals surface area contributed by atoms with Gasteiger partial charge in [-0.25, -0.2) is 8.42 Å². The molecule has 3 heterocycles. The number of methoxy groups -OCH3 is 1. The van der Waals surface area contributed by atoms with E-state index in [1.807, 2.05) is 12.1 Å². The zero-order valence-corrected chi connectivity index (χ0v) is 18.5. The van der Waals surface area contributed by atoms with Crippen LogP contribution in [0.15, 0.2) is 18.2 Å². The Labute approximate surface area is 178 Å². The SMILES string of the molecule is COc1ccc2c3c([nH]c2c1)[C@H](CO)N(S(C)(=O)=O)CC31CCN(CC2CC2)CC1. The zero-order valence-electron chi connectivity index (χ0n) is 17.7. The first-order chi connectivity index (χ1) is 14.3. The normalized spacial score (nSPS) is 25.0. The third kappa shape index (κ3) is 3.34. The van der Waals surface area contributed by atoms with Gasteiger partial charge in [0.1, 0.15) is 5.75 Å². The molecular weight excluding hydrogens is 402 g/mol. The largest absolute Gasteiger partial charge is 0.497 e. The van der Waals surface area contributed by atoms with Crippen LogP contribution >= 0.6 is 0 Å². The monoisotopic (exact) mass is 433 g/mol. The van der Waals surface area contributed by atoms with E-state index in [9.17, 15) is 13.5 Å². The molecule has 1 saturated carbocycles. The maximum atomic E-state index is 12.7. The Morgan fingerprint density at radius 2 is 2.00 bits per heavy atom. The Bertz CT molecular complexity index is 1050. The van der Waals surface area contributed by atoms with Crippen molar-refractivity contribution in [3.63, 3.8) is 0 Å². The van der Waals surface area contributed by atoms with Crippen LogP contribution in [0.25, 0.3) is 10.9 Å². The van der Waals surface area contributed by atoms with Gasteiger partial charge in [0, 0.05) is 41.2 Å². The molecule has 0 amide bonds. The Balaban J connectivity index is 1.61. The number of ether oxygens (including phenoxy) is 1. The van der Waals surface area contributed by atoms with Crippen LogP contribution in [0, 0.1) is 5.92 Å². The van der Waals surface area contributed by atoms with Crippen LogP contribution in [-0.4, -0.2) is 73.9 Å². The van der Waals surface area contributed by atoms with Crippen molar-refractivity contribution in [2.24, 2.45) is 5.92 Å². The average Bonchev–Trinajstić information content (AvgIpc) is 3.45. The molecule has 8 heteroatoms. The Morgan fingerprint density at radius 3 is 2.60 bits per heavy atom. The molecule has 7 nitrogen and oxygen atoms in total. The van der Waals surface area contributed by atoms with Gasteiger partial charge in [0.15, 0.2) is 0 Å². The third-order valence-electron chi connectivity index (χ3n) is 7.33. The summed E-state index contributed by atoms with van der Waals surface area (Å²) in [6, 6.07) is 5.42. The topological polar surface area (TPSA) is 85.9 Å². The molecule has 2 fully saturated rings. The first kappa shape index (κ1) is 20.3. The fourth-order valence-electron chi connectivity index (χ4n) is 5.55. The van der Waals surface area contributed by atoms with Crippen molar-refractivity contribution in [1.29, 1.82) is 0 Å². The number of likely N-dealkylation sites (tertiary alicyclic amines) is 1. The molecule has 0 unspecified atom stereocenters. The van der Waals surface area contributed by atoms with Crippen molar-refractivity contribution in [3.05, 3.63) is 29.5 Å². The molecule has 1 aromatic carbocycles. The molecule has 1 atom stereocenters. The van der Waals surface area contributed by atoms with E-state index in [1.54, 1.807) is 7.11 Å². The van der Waals surface area contributed by atoms with Gasteiger partial charge in [-0.05, 0) is 62.4 Å². The van der Waals surface area contributed by atoms with Crippen molar-refractivity contribution >= 4 is 20.9 Å². The number of H-pyrrole nitrogens is 1. The highest BCUT2D eigenvalue weighted by atomic mass is 32.2. The fourth-order valence-corrected chi connectivity index (χ4v) is 6.66.